The molecular weight excluding hydrogens is 217 g/mol. The van der Waals surface area contributed by atoms with Crippen molar-refractivity contribution in [2.24, 2.45) is 11.6 Å². The molecule has 0 aromatic rings. The first-order valence-corrected chi connectivity index (χ1v) is 5.91. The molecule has 0 fully saturated rings. The Hall–Kier alpha value is -0.0951. The Morgan fingerprint density at radius 2 is 1.29 bits per heavy atom. The van der Waals surface area contributed by atoms with E-state index >= 15 is 0 Å². The van der Waals surface area contributed by atoms with Crippen LogP contribution in [0, 0.1) is 5.92 Å². The van der Waals surface area contributed by atoms with Gasteiger partial charge in [0.25, 0.3) is 0 Å². The molecule has 0 aliphatic heterocycles. The van der Waals surface area contributed by atoms with Crippen molar-refractivity contribution in [1.29, 1.82) is 0 Å². The lowest BCUT2D eigenvalue weighted by molar-refractivity contribution is -0.0903. The van der Waals surface area contributed by atoms with Gasteiger partial charge < -0.3 is 20.5 Å². The van der Waals surface area contributed by atoms with Gasteiger partial charge in [0.1, 0.15) is 0 Å². The summed E-state index contributed by atoms with van der Waals surface area (Å²) >= 11 is 0. The molecule has 4 N–H and O–H groups in total. The van der Waals surface area contributed by atoms with E-state index in [0.29, 0.717) is 5.92 Å². The zero-order valence-electron chi connectivity index (χ0n) is 12.5. The van der Waals surface area contributed by atoms with Gasteiger partial charge in [-0.1, -0.05) is 13.8 Å². The van der Waals surface area contributed by atoms with Crippen LogP contribution in [0.15, 0.2) is 0 Å². The topological polar surface area (TPSA) is 75.7 Å². The van der Waals surface area contributed by atoms with Crippen molar-refractivity contribution in [3.05, 3.63) is 0 Å². The molecule has 0 spiro atoms. The molecule has 0 atom stereocenters. The van der Waals surface area contributed by atoms with Crippen molar-refractivity contribution in [2.45, 2.75) is 72.2 Å². The van der Waals surface area contributed by atoms with Crippen molar-refractivity contribution < 1.29 is 14.9 Å². The predicted octanol–water partition coefficient (Wildman–Crippen LogP) is 1.46. The van der Waals surface area contributed by atoms with Gasteiger partial charge in [-0.15, -0.1) is 0 Å². The van der Waals surface area contributed by atoms with Crippen LogP contribution in [0.2, 0.25) is 0 Å². The van der Waals surface area contributed by atoms with E-state index in [-0.39, 0.29) is 0 Å². The molecule has 0 saturated heterocycles. The molecule has 0 amide bonds. The maximum Gasteiger partial charge on any atom is 0.393 e. The molecule has 0 saturated carbocycles. The number of nitrogens with two attached hydrogens (primary N) is 1. The first-order valence-electron chi connectivity index (χ1n) is 5.91. The summed E-state index contributed by atoms with van der Waals surface area (Å²) in [5.74, 6) is 0.354. The maximum absolute atomic E-state index is 9.48. The van der Waals surface area contributed by atoms with Crippen LogP contribution in [-0.4, -0.2) is 34.6 Å². The van der Waals surface area contributed by atoms with Crippen LogP contribution in [0.25, 0.3) is 0 Å². The summed E-state index contributed by atoms with van der Waals surface area (Å²) in [6.45, 7) is 14.5. The lowest BCUT2D eigenvalue weighted by Gasteiger charge is -2.36. The Morgan fingerprint density at radius 3 is 1.35 bits per heavy atom. The Labute approximate surface area is 107 Å². The van der Waals surface area contributed by atoms with E-state index in [0.717, 1.165) is 7.62 Å². The van der Waals surface area contributed by atoms with Gasteiger partial charge in [0.15, 0.2) is 0 Å². The Balaban J connectivity index is 0. The van der Waals surface area contributed by atoms with Crippen LogP contribution >= 0.6 is 0 Å². The average molecular weight is 246 g/mol. The van der Waals surface area contributed by atoms with Crippen molar-refractivity contribution in [2.75, 3.05) is 0 Å². The first-order chi connectivity index (χ1) is 7.25. The highest BCUT2D eigenvalue weighted by Crippen LogP contribution is 2.23. The van der Waals surface area contributed by atoms with Crippen molar-refractivity contribution in [1.82, 2.24) is 0 Å². The van der Waals surface area contributed by atoms with E-state index in [2.05, 4.69) is 0 Å². The molecular formula is C12H29BNO3. The third-order valence-corrected chi connectivity index (χ3v) is 3.25. The number of aliphatic hydroxyl groups is 2. The lowest BCUT2D eigenvalue weighted by atomic mass is 9.88. The Bertz CT molecular complexity index is 205. The quantitative estimate of drug-likeness (QED) is 0.656. The summed E-state index contributed by atoms with van der Waals surface area (Å²) < 4.78 is 5.00. The Morgan fingerprint density at radius 1 is 1.00 bits per heavy atom. The summed E-state index contributed by atoms with van der Waals surface area (Å²) in [6.07, 6.45) is 0. The lowest BCUT2D eigenvalue weighted by Crippen LogP contribution is -2.49. The minimum absolute atomic E-state index is 0.354. The third-order valence-electron chi connectivity index (χ3n) is 3.25. The number of rotatable bonds is 4. The van der Waals surface area contributed by atoms with E-state index in [9.17, 15) is 5.11 Å². The summed E-state index contributed by atoms with van der Waals surface area (Å²) in [5.41, 5.74) is 3.03. The molecule has 103 valence electrons. The summed E-state index contributed by atoms with van der Waals surface area (Å²) in [7, 11) is 1.10. The van der Waals surface area contributed by atoms with Crippen LogP contribution in [0.3, 0.4) is 0 Å². The van der Waals surface area contributed by atoms with Crippen molar-refractivity contribution in [3.8, 4) is 0 Å². The highest BCUT2D eigenvalue weighted by atomic mass is 16.5. The largest absolute Gasteiger partial charge is 0.416 e. The fraction of sp³-hybridized carbons (Fsp3) is 1.00. The van der Waals surface area contributed by atoms with Crippen LogP contribution in [-0.2, 0) is 4.65 Å². The minimum Gasteiger partial charge on any atom is -0.416 e. The van der Waals surface area contributed by atoms with Crippen LogP contribution in [0.1, 0.15) is 55.4 Å². The second-order valence-corrected chi connectivity index (χ2v) is 6.13. The van der Waals surface area contributed by atoms with Gasteiger partial charge in [0.05, 0.1) is 16.8 Å². The molecule has 17 heavy (non-hydrogen) atoms. The van der Waals surface area contributed by atoms with Crippen molar-refractivity contribution in [3.63, 3.8) is 0 Å². The summed E-state index contributed by atoms with van der Waals surface area (Å²) in [6, 6.07) is 0. The number of hydrogen-bond acceptors (Lipinski definition) is 4. The average Bonchev–Trinajstić information content (AvgIpc) is 2.00. The Kier molecular flexibility index (Phi) is 7.63. The molecule has 0 aromatic carbocycles. The first kappa shape index (κ1) is 19.2. The molecule has 0 rings (SSSR count). The second kappa shape index (κ2) is 6.73. The molecule has 4 nitrogen and oxygen atoms in total. The van der Waals surface area contributed by atoms with E-state index in [4.69, 9.17) is 15.4 Å². The van der Waals surface area contributed by atoms with E-state index in [1.807, 2.05) is 27.7 Å². The summed E-state index contributed by atoms with van der Waals surface area (Å²) in [5, 5.41) is 18.6. The molecule has 0 unspecified atom stereocenters. The van der Waals surface area contributed by atoms with Crippen LogP contribution in [0.5, 0.6) is 0 Å². The third kappa shape index (κ3) is 8.60. The van der Waals surface area contributed by atoms with Gasteiger partial charge in [-0.05, 0) is 47.5 Å². The zero-order valence-corrected chi connectivity index (χ0v) is 12.5. The fourth-order valence-electron chi connectivity index (χ4n) is 0.314. The van der Waals surface area contributed by atoms with Gasteiger partial charge in [-0.2, -0.15) is 0 Å². The van der Waals surface area contributed by atoms with Gasteiger partial charge in [0.2, 0.25) is 0 Å². The molecule has 5 heteroatoms. The number of hydrogen-bond donors (Lipinski definition) is 3. The van der Waals surface area contributed by atoms with Gasteiger partial charge in [-0.25, -0.2) is 0 Å². The summed E-state index contributed by atoms with van der Waals surface area (Å²) in [4.78, 5) is 0. The van der Waals surface area contributed by atoms with E-state index < -0.39 is 16.8 Å². The predicted molar refractivity (Wildman–Crippen MR) is 72.5 cm³/mol. The van der Waals surface area contributed by atoms with Crippen LogP contribution < -0.4 is 5.64 Å². The van der Waals surface area contributed by atoms with Crippen molar-refractivity contribution >= 4 is 7.62 Å². The monoisotopic (exact) mass is 246 g/mol. The minimum atomic E-state index is -0.886. The SMILES string of the molecule is CC(C)(O)C(C)(C)O[B]N.CC(C)C(C)(C)O. The standard InChI is InChI=1S/C6H15BNO2.C6H14O/c1-5(2,9)6(3,4)10-7-8;1-5(2)6(3,4)7/h9H,8H2,1-4H3;5,7H,1-4H3. The zero-order chi connectivity index (χ0) is 14.5. The second-order valence-electron chi connectivity index (χ2n) is 6.13. The molecule has 0 heterocycles. The van der Waals surface area contributed by atoms with E-state index in [1.165, 1.54) is 0 Å². The van der Waals surface area contributed by atoms with E-state index in [1.54, 1.807) is 27.7 Å². The molecule has 0 bridgehead atoms. The molecule has 1 radical (unpaired) electrons. The smallest absolute Gasteiger partial charge is 0.393 e. The molecule has 0 aliphatic carbocycles. The highest BCUT2D eigenvalue weighted by molar-refractivity contribution is 6.22. The van der Waals surface area contributed by atoms with Gasteiger partial charge in [0, 0.05) is 0 Å². The fourth-order valence-corrected chi connectivity index (χ4v) is 0.314. The van der Waals surface area contributed by atoms with Crippen LogP contribution in [0.4, 0.5) is 0 Å². The normalized spacial score (nSPS) is 13.2. The van der Waals surface area contributed by atoms with Gasteiger partial charge >= 0.3 is 7.62 Å². The highest BCUT2D eigenvalue weighted by Gasteiger charge is 2.35. The maximum atomic E-state index is 9.48. The molecule has 0 aromatic heterocycles. The molecule has 0 aliphatic rings. The van der Waals surface area contributed by atoms with Gasteiger partial charge in [-0.3, -0.25) is 0 Å².